The van der Waals surface area contributed by atoms with E-state index < -0.39 is 18.6 Å². The van der Waals surface area contributed by atoms with E-state index in [9.17, 15) is 9.90 Å². The molecule has 1 aliphatic heterocycles. The number of nitrogens with zero attached hydrogens (tertiary/aromatic N) is 1. The summed E-state index contributed by atoms with van der Waals surface area (Å²) in [4.78, 5) is 14.3. The molecule has 0 radical (unpaired) electrons. The molecule has 172 valence electrons. The number of halogens is 2. The second-order valence-corrected chi connectivity index (χ2v) is 8.26. The van der Waals surface area contributed by atoms with Crippen LogP contribution in [0, 0.1) is 5.92 Å². The van der Waals surface area contributed by atoms with Crippen molar-refractivity contribution in [2.24, 2.45) is 11.7 Å². The van der Waals surface area contributed by atoms with Gasteiger partial charge in [0.25, 0.3) is 0 Å². The number of fused-ring (bicyclic) bond motifs is 1. The number of carbonyl (C=O) groups is 1. The first-order valence-corrected chi connectivity index (χ1v) is 10.5. The molecule has 0 saturated carbocycles. The van der Waals surface area contributed by atoms with Crippen LogP contribution in [0.2, 0.25) is 6.32 Å². The molecule has 1 fully saturated rings. The Balaban J connectivity index is 0.00000240. The van der Waals surface area contributed by atoms with Crippen LogP contribution in [0.4, 0.5) is 0 Å². The third kappa shape index (κ3) is 7.07. The van der Waals surface area contributed by atoms with Gasteiger partial charge in [0.05, 0.1) is 0 Å². The molecule has 1 atom stereocenters. The van der Waals surface area contributed by atoms with E-state index in [0.29, 0.717) is 19.3 Å². The predicted octanol–water partition coefficient (Wildman–Crippen LogP) is 3.32. The molecule has 3 rings (SSSR count). The van der Waals surface area contributed by atoms with E-state index in [4.69, 9.17) is 15.8 Å². The van der Waals surface area contributed by atoms with Crippen LogP contribution in [0.25, 0.3) is 10.8 Å². The zero-order chi connectivity index (χ0) is 20.9. The molecule has 1 saturated heterocycles. The minimum absolute atomic E-state index is 0. The highest BCUT2D eigenvalue weighted by atomic mass is 35.5. The fraction of sp³-hybridized carbons (Fsp3) is 0.500. The minimum atomic E-state index is -1.34. The average Bonchev–Trinajstić information content (AvgIpc) is 2.71. The minimum Gasteiger partial charge on any atom is -0.480 e. The van der Waals surface area contributed by atoms with Crippen molar-refractivity contribution in [2.45, 2.75) is 50.5 Å². The first-order valence-electron chi connectivity index (χ1n) is 10.5. The van der Waals surface area contributed by atoms with Crippen LogP contribution in [0.1, 0.15) is 37.7 Å². The third-order valence-electron chi connectivity index (χ3n) is 6.29. The maximum absolute atomic E-state index is 11.9. The predicted molar refractivity (Wildman–Crippen MR) is 130 cm³/mol. The monoisotopic (exact) mass is 470 g/mol. The molecule has 0 spiro atoms. The van der Waals surface area contributed by atoms with Crippen molar-refractivity contribution in [3.05, 3.63) is 48.0 Å². The van der Waals surface area contributed by atoms with Crippen molar-refractivity contribution in [3.63, 3.8) is 0 Å². The van der Waals surface area contributed by atoms with E-state index in [-0.39, 0.29) is 37.1 Å². The Morgan fingerprint density at radius 2 is 1.71 bits per heavy atom. The van der Waals surface area contributed by atoms with E-state index in [1.165, 1.54) is 16.3 Å². The van der Waals surface area contributed by atoms with Gasteiger partial charge in [-0.15, -0.1) is 24.8 Å². The molecule has 6 nitrogen and oxygen atoms in total. The van der Waals surface area contributed by atoms with Crippen LogP contribution in [0.3, 0.4) is 0 Å². The first-order chi connectivity index (χ1) is 13.9. The fourth-order valence-electron chi connectivity index (χ4n) is 4.51. The summed E-state index contributed by atoms with van der Waals surface area (Å²) in [6.07, 6.45) is 3.27. The Bertz CT molecular complexity index is 829. The number of unbranched alkanes of at least 4 members (excludes halogenated alkanes) is 1. The second kappa shape index (κ2) is 12.6. The smallest absolute Gasteiger partial charge is 0.451 e. The molecule has 2 aromatic carbocycles. The van der Waals surface area contributed by atoms with Crippen LogP contribution in [-0.2, 0) is 11.3 Å². The molecule has 1 aliphatic rings. The number of carboxylic acids is 1. The summed E-state index contributed by atoms with van der Waals surface area (Å²) in [6, 6.07) is 14.7. The highest BCUT2D eigenvalue weighted by Gasteiger charge is 2.42. The maximum Gasteiger partial charge on any atom is 0.451 e. The van der Waals surface area contributed by atoms with Crippen LogP contribution < -0.4 is 5.73 Å². The second-order valence-electron chi connectivity index (χ2n) is 8.26. The summed E-state index contributed by atoms with van der Waals surface area (Å²) >= 11 is 0. The Morgan fingerprint density at radius 3 is 2.35 bits per heavy atom. The van der Waals surface area contributed by atoms with Crippen molar-refractivity contribution in [1.29, 1.82) is 0 Å². The summed E-state index contributed by atoms with van der Waals surface area (Å²) in [5.41, 5.74) is 6.41. The molecule has 0 bridgehead atoms. The molecular formula is C22H33BCl2N2O4. The maximum atomic E-state index is 11.9. The lowest BCUT2D eigenvalue weighted by molar-refractivity contribution is -0.147. The Morgan fingerprint density at radius 1 is 1.06 bits per heavy atom. The quantitative estimate of drug-likeness (QED) is 0.330. The number of rotatable bonds is 9. The third-order valence-corrected chi connectivity index (χ3v) is 6.29. The lowest BCUT2D eigenvalue weighted by Crippen LogP contribution is -2.56. The lowest BCUT2D eigenvalue weighted by Gasteiger charge is -2.40. The first kappa shape index (κ1) is 27.7. The topological polar surface area (TPSA) is 107 Å². The molecule has 0 aliphatic carbocycles. The largest absolute Gasteiger partial charge is 0.480 e. The van der Waals surface area contributed by atoms with Crippen LogP contribution >= 0.6 is 24.8 Å². The van der Waals surface area contributed by atoms with Gasteiger partial charge in [0.2, 0.25) is 0 Å². The molecule has 2 aromatic rings. The van der Waals surface area contributed by atoms with Gasteiger partial charge in [-0.1, -0.05) is 55.3 Å². The Kier molecular flexibility index (Phi) is 11.3. The van der Waals surface area contributed by atoms with Gasteiger partial charge in [0, 0.05) is 6.54 Å². The number of benzene rings is 2. The molecule has 31 heavy (non-hydrogen) atoms. The summed E-state index contributed by atoms with van der Waals surface area (Å²) < 4.78 is 0. The van der Waals surface area contributed by atoms with Crippen LogP contribution in [0.15, 0.2) is 42.5 Å². The van der Waals surface area contributed by atoms with Gasteiger partial charge in [-0.2, -0.15) is 0 Å². The number of likely N-dealkylation sites (tertiary alicyclic amines) is 1. The SMILES string of the molecule is Cl.Cl.NC(CCCCB(O)O)(C(=O)O)C1CCN(Cc2cccc3ccccc23)CC1. The molecule has 9 heteroatoms. The van der Waals surface area contributed by atoms with Crippen molar-refractivity contribution in [1.82, 2.24) is 4.90 Å². The van der Waals surface area contributed by atoms with Crippen LogP contribution in [-0.4, -0.2) is 51.8 Å². The van der Waals surface area contributed by atoms with Gasteiger partial charge in [-0.3, -0.25) is 9.69 Å². The zero-order valence-electron chi connectivity index (χ0n) is 17.7. The number of nitrogens with two attached hydrogens (primary N) is 1. The van der Waals surface area contributed by atoms with E-state index in [1.54, 1.807) is 0 Å². The highest BCUT2D eigenvalue weighted by Crippen LogP contribution is 2.32. The van der Waals surface area contributed by atoms with Gasteiger partial charge in [0.15, 0.2) is 0 Å². The number of aliphatic carboxylic acids is 1. The van der Waals surface area contributed by atoms with E-state index in [1.807, 2.05) is 6.07 Å². The summed E-state index contributed by atoms with van der Waals surface area (Å²) in [5.74, 6) is -1.02. The van der Waals surface area contributed by atoms with E-state index in [2.05, 4.69) is 41.3 Å². The lowest BCUT2D eigenvalue weighted by atomic mass is 9.74. The summed E-state index contributed by atoms with van der Waals surface area (Å²) in [6.45, 7) is 2.51. The molecule has 1 heterocycles. The standard InChI is InChI=1S/C22H31BN2O4.2ClH/c24-22(21(26)27,12-3-4-13-23(28)29)19-10-14-25(15-11-19)16-18-8-5-7-17-6-1-2-9-20(17)18;;/h1-2,5-9,19,28-29H,3-4,10-16,24H2,(H,26,27);2*1H. The van der Waals surface area contributed by atoms with Gasteiger partial charge in [-0.05, 0) is 60.9 Å². The molecule has 1 unspecified atom stereocenters. The zero-order valence-corrected chi connectivity index (χ0v) is 19.3. The van der Waals surface area contributed by atoms with Crippen molar-refractivity contribution < 1.29 is 19.9 Å². The molecule has 0 aromatic heterocycles. The Labute approximate surface area is 196 Å². The number of carboxylic acid groups (broad SMARTS) is 1. The summed E-state index contributed by atoms with van der Waals surface area (Å²) in [7, 11) is -1.34. The van der Waals surface area contributed by atoms with Gasteiger partial charge in [-0.25, -0.2) is 0 Å². The molecule has 5 N–H and O–H groups in total. The van der Waals surface area contributed by atoms with Crippen molar-refractivity contribution in [3.8, 4) is 0 Å². The molecule has 0 amide bonds. The number of hydrogen-bond donors (Lipinski definition) is 4. The summed E-state index contributed by atoms with van der Waals surface area (Å²) in [5, 5.41) is 30.2. The highest BCUT2D eigenvalue weighted by molar-refractivity contribution is 6.40. The van der Waals surface area contributed by atoms with E-state index >= 15 is 0 Å². The molecular weight excluding hydrogens is 438 g/mol. The van der Waals surface area contributed by atoms with Gasteiger partial charge < -0.3 is 20.9 Å². The Hall–Kier alpha value is -1.35. The fourth-order valence-corrected chi connectivity index (χ4v) is 4.51. The number of hydrogen-bond acceptors (Lipinski definition) is 5. The van der Waals surface area contributed by atoms with E-state index in [0.717, 1.165) is 32.5 Å². The normalized spacial score (nSPS) is 16.7. The number of piperidine rings is 1. The van der Waals surface area contributed by atoms with Crippen molar-refractivity contribution >= 4 is 48.7 Å². The van der Waals surface area contributed by atoms with Crippen molar-refractivity contribution in [2.75, 3.05) is 13.1 Å². The van der Waals surface area contributed by atoms with Gasteiger partial charge >= 0.3 is 13.1 Å². The van der Waals surface area contributed by atoms with Crippen LogP contribution in [0.5, 0.6) is 0 Å². The average molecular weight is 471 g/mol. The van der Waals surface area contributed by atoms with Gasteiger partial charge in [0.1, 0.15) is 5.54 Å².